The number of hydrogen-bond acceptors (Lipinski definition) is 1. The summed E-state index contributed by atoms with van der Waals surface area (Å²) in [6.07, 6.45) is 13.9. The fraction of sp³-hybridized carbons (Fsp3) is 0.550. The third kappa shape index (κ3) is 5.05. The predicted molar refractivity (Wildman–Crippen MR) is 89.1 cm³/mol. The molecule has 1 fully saturated rings. The fourth-order valence-electron chi connectivity index (χ4n) is 3.36. The van der Waals surface area contributed by atoms with Crippen molar-refractivity contribution in [2.24, 2.45) is 5.92 Å². The smallest absolute Gasteiger partial charge is 0.0908 e. The van der Waals surface area contributed by atoms with E-state index in [0.717, 1.165) is 5.92 Å². The maximum atomic E-state index is 8.59. The van der Waals surface area contributed by atoms with Gasteiger partial charge in [-0.1, -0.05) is 50.1 Å². The molecule has 0 amide bonds. The normalized spacial score (nSPS) is 22.3. The van der Waals surface area contributed by atoms with Gasteiger partial charge in [0.25, 0.3) is 0 Å². The average Bonchev–Trinajstić information content (AvgIpc) is 2.54. The minimum absolute atomic E-state index is 0.620. The first-order valence-corrected chi connectivity index (χ1v) is 8.48. The lowest BCUT2D eigenvalue weighted by atomic mass is 9.78. The van der Waals surface area contributed by atoms with Crippen LogP contribution in [-0.2, 0) is 6.42 Å². The molecule has 1 saturated carbocycles. The third-order valence-electron chi connectivity index (χ3n) is 4.73. The van der Waals surface area contributed by atoms with Crippen LogP contribution in [0.25, 0.3) is 0 Å². The molecule has 0 aliphatic heterocycles. The van der Waals surface area contributed by atoms with Crippen molar-refractivity contribution in [1.29, 1.82) is 5.26 Å². The molecule has 21 heavy (non-hydrogen) atoms. The lowest BCUT2D eigenvalue weighted by Crippen LogP contribution is -2.11. The molecule has 0 spiro atoms. The minimum Gasteiger partial charge on any atom is -0.193 e. The minimum atomic E-state index is 0.620. The van der Waals surface area contributed by atoms with Crippen molar-refractivity contribution in [3.05, 3.63) is 47.5 Å². The summed E-state index contributed by atoms with van der Waals surface area (Å²) in [7, 11) is 0. The molecule has 1 nitrogen and oxygen atoms in total. The number of unbranched alkanes of at least 4 members (excludes halogenated alkanes) is 2. The SMILES string of the molecule is CCCCCc1ccc(C2CCC(C=CC#N)CC2)cc1. The summed E-state index contributed by atoms with van der Waals surface area (Å²) in [5.41, 5.74) is 3.00. The molecule has 0 bridgehead atoms. The van der Waals surface area contributed by atoms with E-state index in [0.29, 0.717) is 5.92 Å². The van der Waals surface area contributed by atoms with Crippen LogP contribution in [-0.4, -0.2) is 0 Å². The van der Waals surface area contributed by atoms with Gasteiger partial charge in [0.2, 0.25) is 0 Å². The summed E-state index contributed by atoms with van der Waals surface area (Å²) >= 11 is 0. The molecule has 1 aromatic carbocycles. The van der Waals surface area contributed by atoms with E-state index in [4.69, 9.17) is 5.26 Å². The molecule has 2 rings (SSSR count). The molecule has 1 aliphatic rings. The maximum absolute atomic E-state index is 8.59. The van der Waals surface area contributed by atoms with Crippen LogP contribution in [0.3, 0.4) is 0 Å². The van der Waals surface area contributed by atoms with Gasteiger partial charge in [0.05, 0.1) is 6.07 Å². The molecule has 0 atom stereocenters. The van der Waals surface area contributed by atoms with Crippen LogP contribution in [0, 0.1) is 17.2 Å². The molecule has 0 N–H and O–H groups in total. The fourth-order valence-corrected chi connectivity index (χ4v) is 3.36. The number of nitriles is 1. The quantitative estimate of drug-likeness (QED) is 0.479. The van der Waals surface area contributed by atoms with Crippen molar-refractivity contribution in [2.45, 2.75) is 64.2 Å². The van der Waals surface area contributed by atoms with Gasteiger partial charge in [-0.2, -0.15) is 5.26 Å². The number of aryl methyl sites for hydroxylation is 1. The van der Waals surface area contributed by atoms with Gasteiger partial charge in [-0.25, -0.2) is 0 Å². The van der Waals surface area contributed by atoms with Crippen molar-refractivity contribution in [3.63, 3.8) is 0 Å². The van der Waals surface area contributed by atoms with E-state index in [1.165, 1.54) is 62.5 Å². The summed E-state index contributed by atoms with van der Waals surface area (Å²) < 4.78 is 0. The van der Waals surface area contributed by atoms with Gasteiger partial charge in [0.1, 0.15) is 0 Å². The van der Waals surface area contributed by atoms with Crippen molar-refractivity contribution in [1.82, 2.24) is 0 Å². The highest BCUT2D eigenvalue weighted by molar-refractivity contribution is 5.26. The van der Waals surface area contributed by atoms with Crippen LogP contribution in [0.4, 0.5) is 0 Å². The van der Waals surface area contributed by atoms with Gasteiger partial charge in [0.15, 0.2) is 0 Å². The first-order valence-electron chi connectivity index (χ1n) is 8.48. The second-order valence-corrected chi connectivity index (χ2v) is 6.30. The highest BCUT2D eigenvalue weighted by Crippen LogP contribution is 2.36. The Morgan fingerprint density at radius 3 is 2.43 bits per heavy atom. The Hall–Kier alpha value is -1.55. The Morgan fingerprint density at radius 1 is 1.10 bits per heavy atom. The van der Waals surface area contributed by atoms with Gasteiger partial charge in [-0.3, -0.25) is 0 Å². The lowest BCUT2D eigenvalue weighted by molar-refractivity contribution is 0.376. The topological polar surface area (TPSA) is 23.8 Å². The van der Waals surface area contributed by atoms with Crippen LogP contribution in [0.15, 0.2) is 36.4 Å². The van der Waals surface area contributed by atoms with Gasteiger partial charge < -0.3 is 0 Å². The van der Waals surface area contributed by atoms with Crippen molar-refractivity contribution in [3.8, 4) is 6.07 Å². The summed E-state index contributed by atoms with van der Waals surface area (Å²) in [4.78, 5) is 0. The molecule has 0 aromatic heterocycles. The molecule has 112 valence electrons. The van der Waals surface area contributed by atoms with E-state index >= 15 is 0 Å². The summed E-state index contributed by atoms with van der Waals surface area (Å²) in [6.45, 7) is 2.26. The van der Waals surface area contributed by atoms with Crippen molar-refractivity contribution in [2.75, 3.05) is 0 Å². The van der Waals surface area contributed by atoms with E-state index in [1.807, 2.05) is 0 Å². The number of benzene rings is 1. The Labute approximate surface area is 129 Å². The van der Waals surface area contributed by atoms with Crippen LogP contribution in [0.5, 0.6) is 0 Å². The molecule has 1 aliphatic carbocycles. The molecule has 1 heteroatoms. The lowest BCUT2D eigenvalue weighted by Gasteiger charge is -2.27. The second-order valence-electron chi connectivity index (χ2n) is 6.30. The average molecular weight is 281 g/mol. The highest BCUT2D eigenvalue weighted by Gasteiger charge is 2.20. The standard InChI is InChI=1S/C20H27N/c1-2-3-4-6-17-8-12-19(13-9-17)20-14-10-18(11-15-20)7-5-16-21/h5,7-9,12-13,18,20H,2-4,6,10-11,14-15H2,1H3. The summed E-state index contributed by atoms with van der Waals surface area (Å²) in [6, 6.07) is 11.4. The molecule has 0 saturated heterocycles. The monoisotopic (exact) mass is 281 g/mol. The predicted octanol–water partition coefficient (Wildman–Crippen LogP) is 5.77. The van der Waals surface area contributed by atoms with Gasteiger partial charge in [0, 0.05) is 6.08 Å². The number of nitrogens with zero attached hydrogens (tertiary/aromatic N) is 1. The number of rotatable bonds is 6. The molecule has 0 radical (unpaired) electrons. The zero-order chi connectivity index (χ0) is 14.9. The first kappa shape index (κ1) is 15.8. The zero-order valence-corrected chi connectivity index (χ0v) is 13.2. The maximum Gasteiger partial charge on any atom is 0.0908 e. The van der Waals surface area contributed by atoms with Gasteiger partial charge in [-0.15, -0.1) is 0 Å². The van der Waals surface area contributed by atoms with Crippen LogP contribution in [0.1, 0.15) is 68.9 Å². The van der Waals surface area contributed by atoms with E-state index in [2.05, 4.69) is 43.3 Å². The largest absolute Gasteiger partial charge is 0.193 e. The van der Waals surface area contributed by atoms with Crippen LogP contribution in [0.2, 0.25) is 0 Å². The van der Waals surface area contributed by atoms with E-state index < -0.39 is 0 Å². The Morgan fingerprint density at radius 2 is 1.81 bits per heavy atom. The molecule has 0 unspecified atom stereocenters. The Kier molecular flexibility index (Phi) is 6.54. The molecule has 0 heterocycles. The van der Waals surface area contributed by atoms with E-state index in [-0.39, 0.29) is 0 Å². The highest BCUT2D eigenvalue weighted by atomic mass is 14.3. The number of hydrogen-bond donors (Lipinski definition) is 0. The zero-order valence-electron chi connectivity index (χ0n) is 13.2. The van der Waals surface area contributed by atoms with Crippen molar-refractivity contribution < 1.29 is 0 Å². The van der Waals surface area contributed by atoms with Crippen LogP contribution >= 0.6 is 0 Å². The Bertz CT molecular complexity index is 470. The molecular weight excluding hydrogens is 254 g/mol. The van der Waals surface area contributed by atoms with Crippen molar-refractivity contribution >= 4 is 0 Å². The summed E-state index contributed by atoms with van der Waals surface area (Å²) in [5, 5.41) is 8.59. The third-order valence-corrected chi connectivity index (χ3v) is 4.73. The molecule has 1 aromatic rings. The summed E-state index contributed by atoms with van der Waals surface area (Å²) in [5.74, 6) is 1.34. The van der Waals surface area contributed by atoms with Gasteiger partial charge >= 0.3 is 0 Å². The number of allylic oxidation sites excluding steroid dienone is 2. The van der Waals surface area contributed by atoms with Crippen LogP contribution < -0.4 is 0 Å². The van der Waals surface area contributed by atoms with E-state index in [9.17, 15) is 0 Å². The first-order chi connectivity index (χ1) is 10.3. The second kappa shape index (κ2) is 8.67. The Balaban J connectivity index is 1.83. The van der Waals surface area contributed by atoms with Gasteiger partial charge in [-0.05, 0) is 61.5 Å². The molecular formula is C20H27N. The van der Waals surface area contributed by atoms with E-state index in [1.54, 1.807) is 6.08 Å².